The molecule has 3 aromatic carbocycles. The molecule has 1 saturated heterocycles. The van der Waals surface area contributed by atoms with Crippen LogP contribution in [-0.2, 0) is 0 Å². The average molecular weight is 412 g/mol. The minimum absolute atomic E-state index is 0.0416. The molecule has 1 atom stereocenters. The normalized spacial score (nSPS) is 16.1. The number of carbonyl (C=O) groups excluding carboxylic acids is 1. The fourth-order valence-corrected chi connectivity index (χ4v) is 4.30. The lowest BCUT2D eigenvalue weighted by Crippen LogP contribution is -2.31. The Morgan fingerprint density at radius 1 is 1.06 bits per heavy atom. The zero-order chi connectivity index (χ0) is 21.4. The molecule has 5 nitrogen and oxygen atoms in total. The van der Waals surface area contributed by atoms with Crippen molar-refractivity contribution < 1.29 is 13.9 Å². The molecule has 5 rings (SSSR count). The van der Waals surface area contributed by atoms with Gasteiger partial charge in [0.25, 0.3) is 5.91 Å². The molecule has 4 aromatic rings. The molecule has 0 bridgehead atoms. The summed E-state index contributed by atoms with van der Waals surface area (Å²) in [5, 5.41) is 0. The Kier molecular flexibility index (Phi) is 4.94. The number of amides is 1. The highest BCUT2D eigenvalue weighted by Gasteiger charge is 2.34. The van der Waals surface area contributed by atoms with E-state index in [1.165, 1.54) is 0 Å². The summed E-state index contributed by atoms with van der Waals surface area (Å²) < 4.78 is 11.4. The van der Waals surface area contributed by atoms with Gasteiger partial charge >= 0.3 is 0 Å². The number of aromatic nitrogens is 1. The lowest BCUT2D eigenvalue weighted by atomic mass is 10.1. The lowest BCUT2D eigenvalue weighted by molar-refractivity contribution is 0.0716. The second kappa shape index (κ2) is 7.91. The standard InChI is InChI=1S/C26H24N2O3/c1-17-7-3-4-10-21(17)26(29)28-14-6-11-23(28)25-27-22-16-19(12-13-24(22)31-25)18-8-5-9-20(15-18)30-2/h3-5,7-10,12-13,15-16,23H,6,11,14H2,1-2H3/t23-/m0/s1. The van der Waals surface area contributed by atoms with E-state index in [0.717, 1.165) is 51.9 Å². The number of ether oxygens (including phenoxy) is 1. The quantitative estimate of drug-likeness (QED) is 0.426. The Balaban J connectivity index is 1.47. The maximum absolute atomic E-state index is 13.2. The predicted molar refractivity (Wildman–Crippen MR) is 120 cm³/mol. The minimum atomic E-state index is -0.139. The Hall–Kier alpha value is -3.60. The van der Waals surface area contributed by atoms with Crippen molar-refractivity contribution in [2.75, 3.05) is 13.7 Å². The van der Waals surface area contributed by atoms with E-state index in [4.69, 9.17) is 14.1 Å². The maximum Gasteiger partial charge on any atom is 0.254 e. The zero-order valence-corrected chi connectivity index (χ0v) is 17.7. The minimum Gasteiger partial charge on any atom is -0.497 e. The van der Waals surface area contributed by atoms with E-state index in [9.17, 15) is 4.79 Å². The number of hydrogen-bond donors (Lipinski definition) is 0. The zero-order valence-electron chi connectivity index (χ0n) is 17.7. The number of nitrogens with zero attached hydrogens (tertiary/aromatic N) is 2. The first-order chi connectivity index (χ1) is 15.1. The Labute approximate surface area is 181 Å². The van der Waals surface area contributed by atoms with Gasteiger partial charge in [0.05, 0.1) is 7.11 Å². The molecular formula is C26H24N2O3. The number of fused-ring (bicyclic) bond motifs is 1. The van der Waals surface area contributed by atoms with Crippen LogP contribution in [0.4, 0.5) is 0 Å². The SMILES string of the molecule is COc1cccc(-c2ccc3oc([C@@H]4CCCN4C(=O)c4ccccc4C)nc3c2)c1. The van der Waals surface area contributed by atoms with Crippen LogP contribution in [0.25, 0.3) is 22.2 Å². The highest BCUT2D eigenvalue weighted by Crippen LogP contribution is 2.35. The first-order valence-corrected chi connectivity index (χ1v) is 10.6. The van der Waals surface area contributed by atoms with Gasteiger partial charge in [-0.15, -0.1) is 0 Å². The monoisotopic (exact) mass is 412 g/mol. The molecule has 1 aromatic heterocycles. The smallest absolute Gasteiger partial charge is 0.254 e. The van der Waals surface area contributed by atoms with Crippen LogP contribution in [0.1, 0.15) is 40.7 Å². The third-order valence-corrected chi connectivity index (χ3v) is 5.98. The number of benzene rings is 3. The van der Waals surface area contributed by atoms with Crippen LogP contribution >= 0.6 is 0 Å². The molecule has 1 fully saturated rings. The molecule has 0 N–H and O–H groups in total. The van der Waals surface area contributed by atoms with E-state index in [1.54, 1.807) is 7.11 Å². The molecule has 0 saturated carbocycles. The summed E-state index contributed by atoms with van der Waals surface area (Å²) >= 11 is 0. The van der Waals surface area contributed by atoms with Crippen molar-refractivity contribution in [3.05, 3.63) is 83.7 Å². The van der Waals surface area contributed by atoms with Gasteiger partial charge in [-0.2, -0.15) is 0 Å². The molecule has 0 unspecified atom stereocenters. The Morgan fingerprint density at radius 3 is 2.74 bits per heavy atom. The second-order valence-electron chi connectivity index (χ2n) is 7.94. The molecule has 0 aliphatic carbocycles. The lowest BCUT2D eigenvalue weighted by Gasteiger charge is -2.23. The molecule has 1 amide bonds. The van der Waals surface area contributed by atoms with E-state index < -0.39 is 0 Å². The van der Waals surface area contributed by atoms with Crippen molar-refractivity contribution in [2.45, 2.75) is 25.8 Å². The van der Waals surface area contributed by atoms with Crippen LogP contribution in [0.3, 0.4) is 0 Å². The number of methoxy groups -OCH3 is 1. The molecule has 156 valence electrons. The van der Waals surface area contributed by atoms with E-state index in [2.05, 4.69) is 0 Å². The molecule has 31 heavy (non-hydrogen) atoms. The predicted octanol–water partition coefficient (Wildman–Crippen LogP) is 5.79. The summed E-state index contributed by atoms with van der Waals surface area (Å²) in [7, 11) is 1.66. The number of likely N-dealkylation sites (tertiary alicyclic amines) is 1. The highest BCUT2D eigenvalue weighted by molar-refractivity contribution is 5.96. The Morgan fingerprint density at radius 2 is 1.90 bits per heavy atom. The summed E-state index contributed by atoms with van der Waals surface area (Å²) in [6.45, 7) is 2.68. The van der Waals surface area contributed by atoms with Crippen molar-refractivity contribution in [3.63, 3.8) is 0 Å². The molecule has 0 radical (unpaired) electrons. The van der Waals surface area contributed by atoms with Gasteiger partial charge in [0.15, 0.2) is 5.58 Å². The van der Waals surface area contributed by atoms with Crippen LogP contribution < -0.4 is 4.74 Å². The van der Waals surface area contributed by atoms with Gasteiger partial charge in [-0.25, -0.2) is 4.98 Å². The van der Waals surface area contributed by atoms with Gasteiger partial charge in [-0.3, -0.25) is 4.79 Å². The van der Waals surface area contributed by atoms with E-state index >= 15 is 0 Å². The van der Waals surface area contributed by atoms with Gasteiger partial charge < -0.3 is 14.1 Å². The second-order valence-corrected chi connectivity index (χ2v) is 7.94. The van der Waals surface area contributed by atoms with Crippen LogP contribution in [0.2, 0.25) is 0 Å². The number of hydrogen-bond acceptors (Lipinski definition) is 4. The highest BCUT2D eigenvalue weighted by atomic mass is 16.5. The molecule has 2 heterocycles. The first-order valence-electron chi connectivity index (χ1n) is 10.6. The summed E-state index contributed by atoms with van der Waals surface area (Å²) in [6, 6.07) is 21.5. The fourth-order valence-electron chi connectivity index (χ4n) is 4.30. The molecule has 5 heteroatoms. The van der Waals surface area contributed by atoms with Gasteiger partial charge in [-0.05, 0) is 66.8 Å². The van der Waals surface area contributed by atoms with Gasteiger partial charge in [0.1, 0.15) is 17.3 Å². The largest absolute Gasteiger partial charge is 0.497 e. The summed E-state index contributed by atoms with van der Waals surface area (Å²) in [6.07, 6.45) is 1.79. The number of rotatable bonds is 4. The van der Waals surface area contributed by atoms with Crippen LogP contribution in [0.5, 0.6) is 5.75 Å². The molecule has 1 aliphatic heterocycles. The van der Waals surface area contributed by atoms with Gasteiger partial charge in [-0.1, -0.05) is 36.4 Å². The van der Waals surface area contributed by atoms with Crippen LogP contribution in [0.15, 0.2) is 71.1 Å². The maximum atomic E-state index is 13.2. The van der Waals surface area contributed by atoms with Crippen LogP contribution in [-0.4, -0.2) is 29.4 Å². The van der Waals surface area contributed by atoms with Crippen LogP contribution in [0, 0.1) is 6.92 Å². The third-order valence-electron chi connectivity index (χ3n) is 5.98. The van der Waals surface area contributed by atoms with Crippen molar-refractivity contribution in [1.82, 2.24) is 9.88 Å². The number of aryl methyl sites for hydroxylation is 1. The first kappa shape index (κ1) is 19.4. The van der Waals surface area contributed by atoms with E-state index in [0.29, 0.717) is 12.4 Å². The van der Waals surface area contributed by atoms with Gasteiger partial charge in [0.2, 0.25) is 5.89 Å². The van der Waals surface area contributed by atoms with Crippen molar-refractivity contribution in [3.8, 4) is 16.9 Å². The summed E-state index contributed by atoms with van der Waals surface area (Å²) in [5.41, 5.74) is 5.36. The fraction of sp³-hybridized carbons (Fsp3) is 0.231. The number of carbonyl (C=O) groups is 1. The summed E-state index contributed by atoms with van der Waals surface area (Å²) in [4.78, 5) is 19.9. The summed E-state index contributed by atoms with van der Waals surface area (Å²) in [5.74, 6) is 1.46. The van der Waals surface area contributed by atoms with E-state index in [1.807, 2.05) is 78.6 Å². The average Bonchev–Trinajstić information content (AvgIpc) is 3.45. The Bertz CT molecular complexity index is 1260. The van der Waals surface area contributed by atoms with Crippen molar-refractivity contribution in [2.24, 2.45) is 0 Å². The molecular weight excluding hydrogens is 388 g/mol. The number of oxazole rings is 1. The van der Waals surface area contributed by atoms with Gasteiger partial charge in [0, 0.05) is 12.1 Å². The third kappa shape index (κ3) is 3.56. The molecule has 1 aliphatic rings. The van der Waals surface area contributed by atoms with E-state index in [-0.39, 0.29) is 11.9 Å². The molecule has 0 spiro atoms. The van der Waals surface area contributed by atoms with Crippen molar-refractivity contribution in [1.29, 1.82) is 0 Å². The topological polar surface area (TPSA) is 55.6 Å². The van der Waals surface area contributed by atoms with Crippen molar-refractivity contribution >= 4 is 17.0 Å².